The molecule has 0 aromatic heterocycles. The van der Waals surface area contributed by atoms with Crippen LogP contribution in [0.5, 0.6) is 0 Å². The van der Waals surface area contributed by atoms with Gasteiger partial charge in [0.2, 0.25) is 5.91 Å². The molecule has 5 nitrogen and oxygen atoms in total. The van der Waals surface area contributed by atoms with Gasteiger partial charge in [0, 0.05) is 30.3 Å². The third-order valence-corrected chi connectivity index (χ3v) is 5.58. The Morgan fingerprint density at radius 3 is 2.21 bits per heavy atom. The predicted molar refractivity (Wildman–Crippen MR) is 95.7 cm³/mol. The molecule has 1 saturated heterocycles. The number of carbonyl (C=O) groups is 2. The topological polar surface area (TPSA) is 62.6 Å². The van der Waals surface area contributed by atoms with Crippen molar-refractivity contribution in [3.05, 3.63) is 0 Å². The van der Waals surface area contributed by atoms with Gasteiger partial charge >= 0.3 is 0 Å². The molecular formula is C19H36N3O2+. The highest BCUT2D eigenvalue weighted by Crippen LogP contribution is 2.23. The number of hydrogen-bond acceptors (Lipinski definition) is 2. The first-order valence-corrected chi connectivity index (χ1v) is 9.69. The van der Waals surface area contributed by atoms with Crippen molar-refractivity contribution in [1.29, 1.82) is 0 Å². The van der Waals surface area contributed by atoms with E-state index in [0.717, 1.165) is 32.4 Å². The second kappa shape index (κ2) is 8.32. The van der Waals surface area contributed by atoms with Crippen LogP contribution in [-0.2, 0) is 9.59 Å². The molecule has 0 radical (unpaired) electrons. The summed E-state index contributed by atoms with van der Waals surface area (Å²) < 4.78 is 0. The fourth-order valence-electron chi connectivity index (χ4n) is 3.76. The van der Waals surface area contributed by atoms with E-state index in [1.165, 1.54) is 24.2 Å². The normalized spacial score (nSPS) is 31.3. The van der Waals surface area contributed by atoms with E-state index in [4.69, 9.17) is 0 Å². The predicted octanol–water partition coefficient (Wildman–Crippen LogP) is 0.891. The van der Waals surface area contributed by atoms with Crippen LogP contribution >= 0.6 is 0 Å². The smallest absolute Gasteiger partial charge is 0.275 e. The van der Waals surface area contributed by atoms with Crippen LogP contribution in [0, 0.1) is 11.3 Å². The number of carbonyl (C=O) groups excluding carboxylic acids is 2. The molecule has 0 spiro atoms. The second-order valence-electron chi connectivity index (χ2n) is 8.86. The SMILES string of the molecule is C[C@H]1CCCC[C@@H]1NC(=O)C[NH+]1CCC(NC(=O)C(C)(C)C)CC1. The van der Waals surface area contributed by atoms with E-state index in [1.807, 2.05) is 20.8 Å². The van der Waals surface area contributed by atoms with Crippen LogP contribution in [0.15, 0.2) is 0 Å². The maximum absolute atomic E-state index is 12.3. The van der Waals surface area contributed by atoms with E-state index < -0.39 is 0 Å². The molecule has 138 valence electrons. The van der Waals surface area contributed by atoms with Crippen molar-refractivity contribution in [3.63, 3.8) is 0 Å². The number of nitrogens with one attached hydrogen (secondary N) is 3. The summed E-state index contributed by atoms with van der Waals surface area (Å²) >= 11 is 0. The highest BCUT2D eigenvalue weighted by molar-refractivity contribution is 5.81. The summed E-state index contributed by atoms with van der Waals surface area (Å²) in [5.74, 6) is 0.928. The molecule has 2 rings (SSSR count). The molecule has 0 aromatic carbocycles. The first-order valence-electron chi connectivity index (χ1n) is 9.69. The Bertz CT molecular complexity index is 436. The second-order valence-corrected chi connectivity index (χ2v) is 8.86. The minimum Gasteiger partial charge on any atom is -0.352 e. The van der Waals surface area contributed by atoms with E-state index in [0.29, 0.717) is 18.5 Å². The summed E-state index contributed by atoms with van der Waals surface area (Å²) in [6, 6.07) is 0.635. The van der Waals surface area contributed by atoms with Gasteiger partial charge in [-0.1, -0.05) is 40.5 Å². The zero-order valence-corrected chi connectivity index (χ0v) is 15.9. The van der Waals surface area contributed by atoms with Crippen molar-refractivity contribution >= 4 is 11.8 Å². The molecule has 0 aromatic rings. The molecule has 1 saturated carbocycles. The number of amides is 2. The number of hydrogen-bond donors (Lipinski definition) is 3. The van der Waals surface area contributed by atoms with Crippen LogP contribution in [-0.4, -0.2) is 43.5 Å². The minimum atomic E-state index is -0.333. The Hall–Kier alpha value is -1.10. The molecule has 2 fully saturated rings. The fourth-order valence-corrected chi connectivity index (χ4v) is 3.76. The van der Waals surface area contributed by atoms with E-state index in [2.05, 4.69) is 17.6 Å². The summed E-state index contributed by atoms with van der Waals surface area (Å²) in [5.41, 5.74) is -0.333. The lowest BCUT2D eigenvalue weighted by Gasteiger charge is -2.32. The van der Waals surface area contributed by atoms with Crippen molar-refractivity contribution < 1.29 is 14.5 Å². The van der Waals surface area contributed by atoms with Gasteiger partial charge in [-0.15, -0.1) is 0 Å². The van der Waals surface area contributed by atoms with Gasteiger partial charge in [0.25, 0.3) is 5.91 Å². The molecule has 5 heteroatoms. The standard InChI is InChI=1S/C19H35N3O2/c1-14-7-5-6-8-16(14)21-17(23)13-22-11-9-15(10-12-22)20-18(24)19(2,3)4/h14-16H,5-13H2,1-4H3,(H,20,24)(H,21,23)/p+1/t14-,16-/m0/s1. The summed E-state index contributed by atoms with van der Waals surface area (Å²) in [4.78, 5) is 25.7. The molecular weight excluding hydrogens is 302 g/mol. The molecule has 2 aliphatic rings. The van der Waals surface area contributed by atoms with Gasteiger partial charge in [0.05, 0.1) is 13.1 Å². The zero-order chi connectivity index (χ0) is 17.7. The van der Waals surface area contributed by atoms with E-state index >= 15 is 0 Å². The Balaban J connectivity index is 1.69. The molecule has 0 bridgehead atoms. The van der Waals surface area contributed by atoms with Crippen LogP contribution in [0.2, 0.25) is 0 Å². The molecule has 2 amide bonds. The third kappa shape index (κ3) is 5.76. The Morgan fingerprint density at radius 1 is 1.00 bits per heavy atom. The van der Waals surface area contributed by atoms with Crippen LogP contribution in [0.25, 0.3) is 0 Å². The quantitative estimate of drug-likeness (QED) is 0.713. The lowest BCUT2D eigenvalue weighted by atomic mass is 9.86. The van der Waals surface area contributed by atoms with Gasteiger partial charge in [-0.3, -0.25) is 9.59 Å². The molecule has 1 aliphatic carbocycles. The molecule has 3 N–H and O–H groups in total. The highest BCUT2D eigenvalue weighted by atomic mass is 16.2. The van der Waals surface area contributed by atoms with E-state index in [-0.39, 0.29) is 23.3 Å². The van der Waals surface area contributed by atoms with Gasteiger partial charge in [0.15, 0.2) is 6.54 Å². The summed E-state index contributed by atoms with van der Waals surface area (Å²) in [5, 5.41) is 6.40. The van der Waals surface area contributed by atoms with Crippen LogP contribution in [0.1, 0.15) is 66.2 Å². The maximum atomic E-state index is 12.3. The molecule has 1 heterocycles. The average Bonchev–Trinajstić information content (AvgIpc) is 2.50. The highest BCUT2D eigenvalue weighted by Gasteiger charge is 2.29. The monoisotopic (exact) mass is 338 g/mol. The zero-order valence-electron chi connectivity index (χ0n) is 15.9. The average molecular weight is 339 g/mol. The van der Waals surface area contributed by atoms with Gasteiger partial charge < -0.3 is 15.5 Å². The van der Waals surface area contributed by atoms with E-state index in [9.17, 15) is 9.59 Å². The lowest BCUT2D eigenvalue weighted by molar-refractivity contribution is -0.897. The molecule has 24 heavy (non-hydrogen) atoms. The molecule has 0 unspecified atom stereocenters. The van der Waals surface area contributed by atoms with Gasteiger partial charge in [-0.05, 0) is 18.8 Å². The molecule has 2 atom stereocenters. The Morgan fingerprint density at radius 2 is 1.62 bits per heavy atom. The van der Waals surface area contributed by atoms with Crippen molar-refractivity contribution in [2.75, 3.05) is 19.6 Å². The first kappa shape index (κ1) is 19.2. The van der Waals surface area contributed by atoms with Crippen LogP contribution in [0.3, 0.4) is 0 Å². The lowest BCUT2D eigenvalue weighted by Crippen LogP contribution is -3.14. The number of piperidine rings is 1. The van der Waals surface area contributed by atoms with Gasteiger partial charge in [-0.25, -0.2) is 0 Å². The van der Waals surface area contributed by atoms with E-state index in [1.54, 1.807) is 0 Å². The maximum Gasteiger partial charge on any atom is 0.275 e. The summed E-state index contributed by atoms with van der Waals surface area (Å²) in [7, 11) is 0. The Kier molecular flexibility index (Phi) is 6.67. The van der Waals surface area contributed by atoms with Crippen LogP contribution < -0.4 is 15.5 Å². The number of quaternary nitrogens is 1. The Labute approximate surface area is 146 Å². The number of likely N-dealkylation sites (tertiary alicyclic amines) is 1. The summed E-state index contributed by atoms with van der Waals surface area (Å²) in [6.45, 7) is 10.6. The van der Waals surface area contributed by atoms with Crippen molar-refractivity contribution in [2.45, 2.75) is 78.3 Å². The number of rotatable bonds is 4. The first-order chi connectivity index (χ1) is 11.3. The van der Waals surface area contributed by atoms with Crippen molar-refractivity contribution in [2.24, 2.45) is 11.3 Å². The molecule has 1 aliphatic heterocycles. The van der Waals surface area contributed by atoms with Gasteiger partial charge in [0.1, 0.15) is 0 Å². The fraction of sp³-hybridized carbons (Fsp3) is 0.895. The van der Waals surface area contributed by atoms with Crippen molar-refractivity contribution in [1.82, 2.24) is 10.6 Å². The van der Waals surface area contributed by atoms with Crippen molar-refractivity contribution in [3.8, 4) is 0 Å². The summed E-state index contributed by atoms with van der Waals surface area (Å²) in [6.07, 6.45) is 6.82. The minimum absolute atomic E-state index is 0.125. The van der Waals surface area contributed by atoms with Crippen LogP contribution in [0.4, 0.5) is 0 Å². The largest absolute Gasteiger partial charge is 0.352 e. The van der Waals surface area contributed by atoms with Gasteiger partial charge in [-0.2, -0.15) is 0 Å². The third-order valence-electron chi connectivity index (χ3n) is 5.58.